The van der Waals surface area contributed by atoms with Gasteiger partial charge in [0.25, 0.3) is 5.91 Å². The molecule has 1 aliphatic heterocycles. The van der Waals surface area contributed by atoms with Gasteiger partial charge in [-0.1, -0.05) is 13.3 Å². The number of nitrogens with zero attached hydrogens (tertiary/aromatic N) is 2. The SMILES string of the molecule is CCC[C@@H]1[C@@H](Oc2csc(C(F)(F)F)c2)CCCN1C(=O)c1ncccc1C(F)(F)F. The third-order valence-electron chi connectivity index (χ3n) is 5.02. The monoisotopic (exact) mass is 466 g/mol. The molecule has 1 saturated heterocycles. The third-order valence-corrected chi connectivity index (χ3v) is 5.97. The molecular weight excluding hydrogens is 446 g/mol. The Balaban J connectivity index is 1.86. The molecule has 3 rings (SSSR count). The number of carbonyl (C=O) groups excluding carboxylic acids is 1. The van der Waals surface area contributed by atoms with Crippen LogP contribution >= 0.6 is 11.3 Å². The zero-order chi connectivity index (χ0) is 22.8. The minimum Gasteiger partial charge on any atom is -0.487 e. The van der Waals surface area contributed by atoms with Gasteiger partial charge in [0.15, 0.2) is 0 Å². The largest absolute Gasteiger partial charge is 0.487 e. The second-order valence-corrected chi connectivity index (χ2v) is 8.11. The van der Waals surface area contributed by atoms with Gasteiger partial charge in [-0.05, 0) is 31.4 Å². The van der Waals surface area contributed by atoms with Gasteiger partial charge in [0.2, 0.25) is 0 Å². The van der Waals surface area contributed by atoms with Crippen LogP contribution in [-0.2, 0) is 12.4 Å². The van der Waals surface area contributed by atoms with E-state index in [1.54, 1.807) is 0 Å². The van der Waals surface area contributed by atoms with Gasteiger partial charge in [-0.15, -0.1) is 11.3 Å². The van der Waals surface area contributed by atoms with E-state index in [1.165, 1.54) is 10.3 Å². The summed E-state index contributed by atoms with van der Waals surface area (Å²) in [4.78, 5) is 17.2. The molecular formula is C20H20F6N2O2S. The van der Waals surface area contributed by atoms with Crippen LogP contribution in [0, 0.1) is 0 Å². The molecule has 0 radical (unpaired) electrons. The molecule has 170 valence electrons. The van der Waals surface area contributed by atoms with Crippen LogP contribution in [0.2, 0.25) is 0 Å². The highest BCUT2D eigenvalue weighted by molar-refractivity contribution is 7.10. The van der Waals surface area contributed by atoms with Crippen LogP contribution in [0.1, 0.15) is 53.5 Å². The van der Waals surface area contributed by atoms with Crippen LogP contribution in [0.25, 0.3) is 0 Å². The topological polar surface area (TPSA) is 42.4 Å². The van der Waals surface area contributed by atoms with Gasteiger partial charge in [0.1, 0.15) is 22.4 Å². The fourth-order valence-electron chi connectivity index (χ4n) is 3.69. The molecule has 1 aliphatic rings. The maximum absolute atomic E-state index is 13.4. The second-order valence-electron chi connectivity index (χ2n) is 7.19. The molecule has 0 aromatic carbocycles. The predicted molar refractivity (Wildman–Crippen MR) is 102 cm³/mol. The number of hydrogen-bond acceptors (Lipinski definition) is 4. The highest BCUT2D eigenvalue weighted by Crippen LogP contribution is 2.38. The molecule has 11 heteroatoms. The molecule has 0 aliphatic carbocycles. The lowest BCUT2D eigenvalue weighted by molar-refractivity contribution is -0.138. The number of rotatable bonds is 5. The van der Waals surface area contributed by atoms with Crippen molar-refractivity contribution in [2.45, 2.75) is 57.1 Å². The fourth-order valence-corrected chi connectivity index (χ4v) is 4.38. The van der Waals surface area contributed by atoms with Crippen molar-refractivity contribution in [1.82, 2.24) is 9.88 Å². The molecule has 2 aromatic heterocycles. The number of ether oxygens (including phenoxy) is 1. The van der Waals surface area contributed by atoms with Crippen LogP contribution in [-0.4, -0.2) is 34.5 Å². The van der Waals surface area contributed by atoms with Gasteiger partial charge in [-0.25, -0.2) is 0 Å². The first kappa shape index (κ1) is 23.4. The highest BCUT2D eigenvalue weighted by atomic mass is 32.1. The summed E-state index contributed by atoms with van der Waals surface area (Å²) in [5, 5.41) is 1.24. The number of likely N-dealkylation sites (tertiary alicyclic amines) is 1. The smallest absolute Gasteiger partial charge is 0.425 e. The first-order chi connectivity index (χ1) is 14.5. The summed E-state index contributed by atoms with van der Waals surface area (Å²) in [5.74, 6) is -0.826. The van der Waals surface area contributed by atoms with Crippen LogP contribution in [0.4, 0.5) is 26.3 Å². The lowest BCUT2D eigenvalue weighted by atomic mass is 9.94. The van der Waals surface area contributed by atoms with Crippen molar-refractivity contribution in [2.75, 3.05) is 6.54 Å². The molecule has 4 nitrogen and oxygen atoms in total. The Bertz CT molecular complexity index is 912. The second kappa shape index (κ2) is 9.05. The van der Waals surface area contributed by atoms with Gasteiger partial charge < -0.3 is 9.64 Å². The maximum Gasteiger partial charge on any atom is 0.425 e. The van der Waals surface area contributed by atoms with Crippen molar-refractivity contribution in [1.29, 1.82) is 0 Å². The Labute approximate surface area is 178 Å². The number of amides is 1. The highest BCUT2D eigenvalue weighted by Gasteiger charge is 2.41. The van der Waals surface area contributed by atoms with Crippen molar-refractivity contribution < 1.29 is 35.9 Å². The minimum absolute atomic E-state index is 0.0338. The molecule has 0 saturated carbocycles. The predicted octanol–water partition coefficient (Wildman–Crippen LogP) is 6.03. The molecule has 2 aromatic rings. The standard InChI is InChI=1S/C20H20F6N2O2S/c1-2-5-14-15(30-12-10-16(31-11-12)20(24,25)26)7-4-9-28(14)18(29)17-13(19(21,22)23)6-3-8-27-17/h3,6,8,10-11,14-15H,2,4-5,7,9H2,1H3/t14-,15+/m1/s1. The third kappa shape index (κ3) is 5.31. The molecule has 1 amide bonds. The summed E-state index contributed by atoms with van der Waals surface area (Å²) < 4.78 is 84.5. The van der Waals surface area contributed by atoms with Crippen LogP contribution in [0.5, 0.6) is 5.75 Å². The number of piperidine rings is 1. The molecule has 3 heterocycles. The Hall–Kier alpha value is -2.30. The number of aromatic nitrogens is 1. The van der Waals surface area contributed by atoms with E-state index in [-0.39, 0.29) is 12.3 Å². The molecule has 0 N–H and O–H groups in total. The van der Waals surface area contributed by atoms with E-state index in [0.29, 0.717) is 37.0 Å². The van der Waals surface area contributed by atoms with Crippen LogP contribution in [0.15, 0.2) is 29.8 Å². The lowest BCUT2D eigenvalue weighted by Crippen LogP contribution is -2.53. The Kier molecular flexibility index (Phi) is 6.82. The zero-order valence-electron chi connectivity index (χ0n) is 16.5. The van der Waals surface area contributed by atoms with Gasteiger partial charge >= 0.3 is 12.4 Å². The summed E-state index contributed by atoms with van der Waals surface area (Å²) in [7, 11) is 0. The molecule has 2 atom stereocenters. The van der Waals surface area contributed by atoms with Gasteiger partial charge in [-0.3, -0.25) is 9.78 Å². The average Bonchev–Trinajstić information content (AvgIpc) is 3.17. The van der Waals surface area contributed by atoms with Gasteiger partial charge in [0, 0.05) is 24.2 Å². The van der Waals surface area contributed by atoms with Crippen molar-refractivity contribution in [2.24, 2.45) is 0 Å². The molecule has 0 bridgehead atoms. The van der Waals surface area contributed by atoms with Gasteiger partial charge in [-0.2, -0.15) is 26.3 Å². The summed E-state index contributed by atoms with van der Waals surface area (Å²) in [6, 6.07) is 2.23. The van der Waals surface area contributed by atoms with Gasteiger partial charge in [0.05, 0.1) is 11.6 Å². The first-order valence-electron chi connectivity index (χ1n) is 9.68. The number of halogens is 6. The van der Waals surface area contributed by atoms with E-state index in [9.17, 15) is 31.1 Å². The average molecular weight is 466 g/mol. The summed E-state index contributed by atoms with van der Waals surface area (Å²) in [6.07, 6.45) is -6.78. The number of thiophene rings is 1. The van der Waals surface area contributed by atoms with E-state index >= 15 is 0 Å². The quantitative estimate of drug-likeness (QED) is 0.505. The number of hydrogen-bond donors (Lipinski definition) is 0. The minimum atomic E-state index is -4.74. The Morgan fingerprint density at radius 3 is 2.61 bits per heavy atom. The Morgan fingerprint density at radius 2 is 2.00 bits per heavy atom. The van der Waals surface area contributed by atoms with E-state index in [1.807, 2.05) is 6.92 Å². The van der Waals surface area contributed by atoms with E-state index in [4.69, 9.17) is 4.74 Å². The van der Waals surface area contributed by atoms with Crippen molar-refractivity contribution in [3.8, 4) is 5.75 Å². The molecule has 0 spiro atoms. The van der Waals surface area contributed by atoms with Crippen molar-refractivity contribution >= 4 is 17.2 Å². The Morgan fingerprint density at radius 1 is 1.26 bits per heavy atom. The van der Waals surface area contributed by atoms with Crippen molar-refractivity contribution in [3.63, 3.8) is 0 Å². The number of alkyl halides is 6. The van der Waals surface area contributed by atoms with E-state index in [0.717, 1.165) is 24.4 Å². The van der Waals surface area contributed by atoms with Crippen LogP contribution < -0.4 is 4.74 Å². The maximum atomic E-state index is 13.4. The molecule has 0 unspecified atom stereocenters. The summed E-state index contributed by atoms with van der Waals surface area (Å²) in [5.41, 5.74) is -1.81. The lowest BCUT2D eigenvalue weighted by Gasteiger charge is -2.41. The van der Waals surface area contributed by atoms with E-state index in [2.05, 4.69) is 4.98 Å². The molecule has 31 heavy (non-hydrogen) atoms. The summed E-state index contributed by atoms with van der Waals surface area (Å²) >= 11 is 0.503. The summed E-state index contributed by atoms with van der Waals surface area (Å²) in [6.45, 7) is 2.07. The first-order valence-corrected chi connectivity index (χ1v) is 10.6. The number of carbonyl (C=O) groups is 1. The van der Waals surface area contributed by atoms with Crippen LogP contribution in [0.3, 0.4) is 0 Å². The van der Waals surface area contributed by atoms with Crippen molar-refractivity contribution in [3.05, 3.63) is 45.9 Å². The molecule has 1 fully saturated rings. The number of pyridine rings is 1. The fraction of sp³-hybridized carbons (Fsp3) is 0.500. The van der Waals surface area contributed by atoms with E-state index < -0.39 is 46.5 Å². The zero-order valence-corrected chi connectivity index (χ0v) is 17.3. The normalized spacial score (nSPS) is 20.0.